The van der Waals surface area contributed by atoms with Gasteiger partial charge in [0.2, 0.25) is 0 Å². The molecule has 1 saturated heterocycles. The Hall–Kier alpha value is -2.27. The second-order valence-electron chi connectivity index (χ2n) is 5.17. The minimum Gasteiger partial charge on any atom is -0.487 e. The van der Waals surface area contributed by atoms with Crippen molar-refractivity contribution in [1.82, 2.24) is 4.98 Å². The standard InChI is InChI=1S/C16H17N3O2/c1-2-4-15-13(3-1)18-16-12(11-21-15)14(5-6-17-16)19-7-9-20-10-8-19/h1-6H,7-11H2,(H,17,18). The van der Waals surface area contributed by atoms with Gasteiger partial charge in [0, 0.05) is 25.0 Å². The fourth-order valence-electron chi connectivity index (χ4n) is 2.81. The first kappa shape index (κ1) is 12.5. The van der Waals surface area contributed by atoms with Crippen LogP contribution in [0, 0.1) is 0 Å². The number of nitrogens with one attached hydrogen (secondary N) is 1. The van der Waals surface area contributed by atoms with Crippen LogP contribution in [0.4, 0.5) is 17.2 Å². The number of pyridine rings is 1. The van der Waals surface area contributed by atoms with E-state index < -0.39 is 0 Å². The van der Waals surface area contributed by atoms with Gasteiger partial charge in [0.25, 0.3) is 0 Å². The topological polar surface area (TPSA) is 46.6 Å². The number of rotatable bonds is 1. The minimum atomic E-state index is 0.528. The van der Waals surface area contributed by atoms with Gasteiger partial charge < -0.3 is 19.7 Å². The second-order valence-corrected chi connectivity index (χ2v) is 5.17. The summed E-state index contributed by atoms with van der Waals surface area (Å²) in [5, 5.41) is 3.39. The van der Waals surface area contributed by atoms with E-state index >= 15 is 0 Å². The average molecular weight is 283 g/mol. The predicted octanol–water partition coefficient (Wildman–Crippen LogP) is 2.55. The van der Waals surface area contributed by atoms with E-state index in [-0.39, 0.29) is 0 Å². The lowest BCUT2D eigenvalue weighted by atomic mass is 10.2. The molecule has 0 atom stereocenters. The first-order valence-electron chi connectivity index (χ1n) is 7.21. The molecule has 0 radical (unpaired) electrons. The lowest BCUT2D eigenvalue weighted by Gasteiger charge is -2.30. The van der Waals surface area contributed by atoms with Crippen LogP contribution in [0.5, 0.6) is 5.75 Å². The molecule has 3 heterocycles. The summed E-state index contributed by atoms with van der Waals surface area (Å²) in [7, 11) is 0. The second kappa shape index (κ2) is 5.26. The summed E-state index contributed by atoms with van der Waals surface area (Å²) in [5.74, 6) is 1.74. The number of aromatic nitrogens is 1. The Morgan fingerprint density at radius 2 is 1.95 bits per heavy atom. The van der Waals surface area contributed by atoms with Crippen molar-refractivity contribution in [3.63, 3.8) is 0 Å². The van der Waals surface area contributed by atoms with E-state index in [1.54, 1.807) is 0 Å². The maximum atomic E-state index is 5.95. The molecule has 108 valence electrons. The van der Waals surface area contributed by atoms with Gasteiger partial charge in [-0.1, -0.05) is 12.1 Å². The van der Waals surface area contributed by atoms with Gasteiger partial charge in [-0.15, -0.1) is 0 Å². The molecule has 1 aromatic carbocycles. The number of anilines is 3. The smallest absolute Gasteiger partial charge is 0.143 e. The molecule has 5 heteroatoms. The molecule has 0 bridgehead atoms. The zero-order valence-electron chi connectivity index (χ0n) is 11.7. The van der Waals surface area contributed by atoms with E-state index in [1.807, 2.05) is 30.5 Å². The third-order valence-corrected chi connectivity index (χ3v) is 3.89. The summed E-state index contributed by atoms with van der Waals surface area (Å²) in [5.41, 5.74) is 3.25. The highest BCUT2D eigenvalue weighted by Crippen LogP contribution is 2.36. The Bertz CT molecular complexity index is 654. The van der Waals surface area contributed by atoms with Gasteiger partial charge in [-0.05, 0) is 18.2 Å². The number of morpholine rings is 1. The van der Waals surface area contributed by atoms with Gasteiger partial charge in [0.1, 0.15) is 18.2 Å². The van der Waals surface area contributed by atoms with Gasteiger partial charge in [0.05, 0.1) is 24.5 Å². The zero-order chi connectivity index (χ0) is 14.1. The first-order valence-corrected chi connectivity index (χ1v) is 7.21. The summed E-state index contributed by atoms with van der Waals surface area (Å²) in [6.07, 6.45) is 1.85. The Morgan fingerprint density at radius 1 is 1.10 bits per heavy atom. The van der Waals surface area contributed by atoms with Crippen molar-refractivity contribution >= 4 is 17.2 Å². The molecule has 5 nitrogen and oxygen atoms in total. The average Bonchev–Trinajstić information content (AvgIpc) is 2.74. The number of nitrogens with zero attached hydrogens (tertiary/aromatic N) is 2. The van der Waals surface area contributed by atoms with Crippen molar-refractivity contribution in [1.29, 1.82) is 0 Å². The number of hydrogen-bond acceptors (Lipinski definition) is 5. The van der Waals surface area contributed by atoms with Crippen LogP contribution >= 0.6 is 0 Å². The lowest BCUT2D eigenvalue weighted by molar-refractivity contribution is 0.122. The first-order chi connectivity index (χ1) is 10.4. The van der Waals surface area contributed by atoms with Crippen LogP contribution in [0.1, 0.15) is 5.56 Å². The number of ether oxygens (including phenoxy) is 2. The zero-order valence-corrected chi connectivity index (χ0v) is 11.7. The van der Waals surface area contributed by atoms with Gasteiger partial charge in [-0.25, -0.2) is 4.98 Å². The van der Waals surface area contributed by atoms with Crippen molar-refractivity contribution in [2.75, 3.05) is 36.5 Å². The van der Waals surface area contributed by atoms with Gasteiger partial charge >= 0.3 is 0 Å². The fourth-order valence-corrected chi connectivity index (χ4v) is 2.81. The highest BCUT2D eigenvalue weighted by molar-refractivity contribution is 5.72. The van der Waals surface area contributed by atoms with Gasteiger partial charge in [0.15, 0.2) is 0 Å². The number of para-hydroxylation sites is 2. The van der Waals surface area contributed by atoms with E-state index in [1.165, 1.54) is 5.69 Å². The van der Waals surface area contributed by atoms with E-state index in [9.17, 15) is 0 Å². The van der Waals surface area contributed by atoms with Crippen LogP contribution in [-0.4, -0.2) is 31.3 Å². The van der Waals surface area contributed by atoms with Crippen molar-refractivity contribution in [2.24, 2.45) is 0 Å². The van der Waals surface area contributed by atoms with Crippen LogP contribution in [0.25, 0.3) is 0 Å². The minimum absolute atomic E-state index is 0.528. The van der Waals surface area contributed by atoms with E-state index in [0.29, 0.717) is 6.61 Å². The summed E-state index contributed by atoms with van der Waals surface area (Å²) in [6, 6.07) is 10.0. The Kier molecular flexibility index (Phi) is 3.12. The highest BCUT2D eigenvalue weighted by Gasteiger charge is 2.21. The fraction of sp³-hybridized carbons (Fsp3) is 0.312. The molecule has 1 fully saturated rings. The highest BCUT2D eigenvalue weighted by atomic mass is 16.5. The molecule has 0 amide bonds. The molecule has 2 aliphatic heterocycles. The molecular formula is C16H17N3O2. The predicted molar refractivity (Wildman–Crippen MR) is 81.3 cm³/mol. The lowest BCUT2D eigenvalue weighted by Crippen LogP contribution is -2.37. The molecule has 0 saturated carbocycles. The molecule has 1 aromatic heterocycles. The van der Waals surface area contributed by atoms with Crippen LogP contribution in [0.3, 0.4) is 0 Å². The summed E-state index contributed by atoms with van der Waals surface area (Å²) >= 11 is 0. The summed E-state index contributed by atoms with van der Waals surface area (Å²) in [4.78, 5) is 6.82. The summed E-state index contributed by atoms with van der Waals surface area (Å²) < 4.78 is 11.4. The summed E-state index contributed by atoms with van der Waals surface area (Å²) in [6.45, 7) is 3.88. The third-order valence-electron chi connectivity index (χ3n) is 3.89. The van der Waals surface area contributed by atoms with E-state index in [2.05, 4.69) is 21.3 Å². The van der Waals surface area contributed by atoms with Gasteiger partial charge in [-0.2, -0.15) is 0 Å². The van der Waals surface area contributed by atoms with Crippen LogP contribution in [0.15, 0.2) is 36.5 Å². The molecule has 21 heavy (non-hydrogen) atoms. The molecule has 1 N–H and O–H groups in total. The maximum Gasteiger partial charge on any atom is 0.143 e. The maximum absolute atomic E-state index is 5.95. The molecule has 0 unspecified atom stereocenters. The molecule has 2 aromatic rings. The number of benzene rings is 1. The Morgan fingerprint density at radius 3 is 2.86 bits per heavy atom. The molecule has 0 aliphatic carbocycles. The van der Waals surface area contributed by atoms with E-state index in [4.69, 9.17) is 9.47 Å². The number of hydrogen-bond donors (Lipinski definition) is 1. The van der Waals surface area contributed by atoms with Gasteiger partial charge in [-0.3, -0.25) is 0 Å². The number of fused-ring (bicyclic) bond motifs is 2. The van der Waals surface area contributed by atoms with Crippen LogP contribution < -0.4 is 15.0 Å². The molecule has 2 aliphatic rings. The van der Waals surface area contributed by atoms with Crippen molar-refractivity contribution < 1.29 is 9.47 Å². The normalized spacial score (nSPS) is 17.0. The van der Waals surface area contributed by atoms with Crippen molar-refractivity contribution in [3.05, 3.63) is 42.1 Å². The van der Waals surface area contributed by atoms with Crippen LogP contribution in [-0.2, 0) is 11.3 Å². The molecule has 4 rings (SSSR count). The van der Waals surface area contributed by atoms with E-state index in [0.717, 1.165) is 49.1 Å². The van der Waals surface area contributed by atoms with Crippen molar-refractivity contribution in [3.8, 4) is 5.75 Å². The largest absolute Gasteiger partial charge is 0.487 e. The SMILES string of the molecule is c1ccc2c(c1)Nc1nccc(N3CCOCC3)c1CO2. The quantitative estimate of drug-likeness (QED) is 0.871. The monoisotopic (exact) mass is 283 g/mol. The van der Waals surface area contributed by atoms with Crippen LogP contribution in [0.2, 0.25) is 0 Å². The third kappa shape index (κ3) is 2.29. The Balaban J connectivity index is 1.72. The molecule has 0 spiro atoms. The molecular weight excluding hydrogens is 266 g/mol. The van der Waals surface area contributed by atoms with Crippen molar-refractivity contribution in [2.45, 2.75) is 6.61 Å². The Labute approximate surface area is 123 Å².